The summed E-state index contributed by atoms with van der Waals surface area (Å²) >= 11 is 0. The van der Waals surface area contributed by atoms with Gasteiger partial charge in [0.1, 0.15) is 23.2 Å². The minimum absolute atomic E-state index is 0.0437. The summed E-state index contributed by atoms with van der Waals surface area (Å²) in [6.45, 7) is 2.68. The van der Waals surface area contributed by atoms with E-state index in [1.807, 2.05) is 0 Å². The van der Waals surface area contributed by atoms with E-state index in [4.69, 9.17) is 4.74 Å². The van der Waals surface area contributed by atoms with Crippen LogP contribution in [-0.2, 0) is 4.74 Å². The third-order valence-electron chi connectivity index (χ3n) is 6.48. The van der Waals surface area contributed by atoms with Crippen molar-refractivity contribution < 1.29 is 44.6 Å². The van der Waals surface area contributed by atoms with Crippen LogP contribution >= 0.6 is 0 Å². The summed E-state index contributed by atoms with van der Waals surface area (Å²) in [5, 5.41) is 0. The van der Waals surface area contributed by atoms with Crippen molar-refractivity contribution in [2.45, 2.75) is 44.8 Å². The van der Waals surface area contributed by atoms with E-state index in [9.17, 15) is 35.1 Å². The maximum absolute atomic E-state index is 14.9. The van der Waals surface area contributed by atoms with Crippen molar-refractivity contribution in [3.05, 3.63) is 94.6 Å². The van der Waals surface area contributed by atoms with Crippen LogP contribution in [0.25, 0.3) is 17.2 Å². The molecule has 0 spiro atoms. The highest BCUT2D eigenvalue weighted by atomic mass is 19.3. The van der Waals surface area contributed by atoms with Crippen molar-refractivity contribution in [2.24, 2.45) is 5.92 Å². The number of benzene rings is 3. The standard InChI is InChI=1S/C29H24F8O2/c1-2-3-16-4-7-27(38-15-16)17-5-6-20(22(30)10-17)18-11-23(31)21(24(32)12-18)8-9-29(36,37)39-19-13-25(33)28(35)26(34)14-19/h5-6,8-14,16,27H,2-4,7,15H2,1H3/b9-8+. The van der Waals surface area contributed by atoms with Crippen LogP contribution < -0.4 is 4.74 Å². The second kappa shape index (κ2) is 11.8. The van der Waals surface area contributed by atoms with Gasteiger partial charge in [0, 0.05) is 29.3 Å². The smallest absolute Gasteiger partial charge is 0.419 e. The average Bonchev–Trinajstić information content (AvgIpc) is 2.87. The Hall–Kier alpha value is -3.40. The summed E-state index contributed by atoms with van der Waals surface area (Å²) in [5.41, 5.74) is -0.526. The van der Waals surface area contributed by atoms with Gasteiger partial charge in [-0.15, -0.1) is 0 Å². The zero-order valence-electron chi connectivity index (χ0n) is 20.7. The molecule has 2 atom stereocenters. The van der Waals surface area contributed by atoms with E-state index < -0.39 is 52.3 Å². The molecule has 0 saturated carbocycles. The molecule has 10 heteroatoms. The molecule has 0 aromatic heterocycles. The van der Waals surface area contributed by atoms with E-state index in [2.05, 4.69) is 11.7 Å². The van der Waals surface area contributed by atoms with Crippen LogP contribution in [0.2, 0.25) is 0 Å². The van der Waals surface area contributed by atoms with Gasteiger partial charge in [0.25, 0.3) is 0 Å². The Labute approximate surface area is 219 Å². The molecule has 1 heterocycles. The number of hydrogen-bond donors (Lipinski definition) is 0. The summed E-state index contributed by atoms with van der Waals surface area (Å²) < 4.78 is 122. The summed E-state index contributed by atoms with van der Waals surface area (Å²) in [4.78, 5) is 0. The monoisotopic (exact) mass is 556 g/mol. The molecule has 0 bridgehead atoms. The minimum atomic E-state index is -4.27. The molecule has 3 aromatic rings. The first-order valence-electron chi connectivity index (χ1n) is 12.3. The zero-order chi connectivity index (χ0) is 28.3. The lowest BCUT2D eigenvalue weighted by Crippen LogP contribution is -2.21. The Bertz CT molecular complexity index is 1320. The molecule has 2 nitrogen and oxygen atoms in total. The van der Waals surface area contributed by atoms with Crippen LogP contribution in [0.3, 0.4) is 0 Å². The van der Waals surface area contributed by atoms with E-state index in [-0.39, 0.29) is 35.4 Å². The molecule has 1 aliphatic rings. The van der Waals surface area contributed by atoms with Crippen LogP contribution in [0.5, 0.6) is 5.75 Å². The molecule has 2 unspecified atom stereocenters. The summed E-state index contributed by atoms with van der Waals surface area (Å²) in [6, 6.07) is 6.21. The third-order valence-corrected chi connectivity index (χ3v) is 6.48. The van der Waals surface area contributed by atoms with Crippen molar-refractivity contribution in [3.63, 3.8) is 0 Å². The first-order chi connectivity index (χ1) is 18.5. The Morgan fingerprint density at radius 3 is 2.10 bits per heavy atom. The van der Waals surface area contributed by atoms with Crippen LogP contribution in [0.4, 0.5) is 35.1 Å². The predicted octanol–water partition coefficient (Wildman–Crippen LogP) is 9.14. The van der Waals surface area contributed by atoms with Gasteiger partial charge in [-0.2, -0.15) is 8.78 Å². The molecular formula is C29H24F8O2. The lowest BCUT2D eigenvalue weighted by atomic mass is 9.91. The third kappa shape index (κ3) is 6.79. The fraction of sp³-hybridized carbons (Fsp3) is 0.310. The van der Waals surface area contributed by atoms with Gasteiger partial charge in [0.2, 0.25) is 0 Å². The molecule has 1 saturated heterocycles. The number of rotatable bonds is 8. The van der Waals surface area contributed by atoms with Crippen LogP contribution in [0.15, 0.2) is 48.5 Å². The average molecular weight is 556 g/mol. The SMILES string of the molecule is CCCC1CCC(c2ccc(-c3cc(F)c(/C=C/C(F)(F)Oc4cc(F)c(F)c(F)c4)c(F)c3)c(F)c2)OC1. The highest BCUT2D eigenvalue weighted by molar-refractivity contribution is 5.67. The second-order valence-electron chi connectivity index (χ2n) is 9.34. The molecule has 0 amide bonds. The van der Waals surface area contributed by atoms with Crippen molar-refractivity contribution in [1.82, 2.24) is 0 Å². The van der Waals surface area contributed by atoms with Gasteiger partial charge < -0.3 is 9.47 Å². The van der Waals surface area contributed by atoms with Gasteiger partial charge in [-0.05, 0) is 60.6 Å². The predicted molar refractivity (Wildman–Crippen MR) is 129 cm³/mol. The van der Waals surface area contributed by atoms with Gasteiger partial charge >= 0.3 is 6.11 Å². The van der Waals surface area contributed by atoms with Crippen molar-refractivity contribution in [2.75, 3.05) is 6.61 Å². The van der Waals surface area contributed by atoms with Crippen LogP contribution in [0.1, 0.15) is 49.8 Å². The second-order valence-corrected chi connectivity index (χ2v) is 9.34. The van der Waals surface area contributed by atoms with E-state index >= 15 is 0 Å². The molecule has 4 rings (SSSR count). The van der Waals surface area contributed by atoms with Gasteiger partial charge in [-0.1, -0.05) is 25.5 Å². The molecule has 39 heavy (non-hydrogen) atoms. The van der Waals surface area contributed by atoms with E-state index in [1.54, 1.807) is 6.07 Å². The van der Waals surface area contributed by atoms with Gasteiger partial charge in [-0.3, -0.25) is 0 Å². The highest BCUT2D eigenvalue weighted by Crippen LogP contribution is 2.35. The first kappa shape index (κ1) is 28.6. The normalized spacial score (nSPS) is 18.1. The van der Waals surface area contributed by atoms with Gasteiger partial charge in [0.15, 0.2) is 17.5 Å². The van der Waals surface area contributed by atoms with Crippen molar-refractivity contribution >= 4 is 6.08 Å². The Kier molecular flexibility index (Phi) is 8.64. The molecule has 1 fully saturated rings. The fourth-order valence-corrected chi connectivity index (χ4v) is 4.53. The van der Waals surface area contributed by atoms with Gasteiger partial charge in [-0.25, -0.2) is 26.3 Å². The summed E-state index contributed by atoms with van der Waals surface area (Å²) in [7, 11) is 0. The minimum Gasteiger partial charge on any atom is -0.429 e. The maximum atomic E-state index is 14.9. The first-order valence-corrected chi connectivity index (χ1v) is 12.3. The topological polar surface area (TPSA) is 18.5 Å². The largest absolute Gasteiger partial charge is 0.429 e. The Balaban J connectivity index is 1.50. The van der Waals surface area contributed by atoms with Crippen LogP contribution in [-0.4, -0.2) is 12.7 Å². The molecule has 1 aliphatic heterocycles. The number of halogens is 8. The fourth-order valence-electron chi connectivity index (χ4n) is 4.53. The Morgan fingerprint density at radius 2 is 1.54 bits per heavy atom. The van der Waals surface area contributed by atoms with Gasteiger partial charge in [0.05, 0.1) is 12.7 Å². The van der Waals surface area contributed by atoms with E-state index in [0.717, 1.165) is 37.8 Å². The van der Waals surface area contributed by atoms with Crippen molar-refractivity contribution in [3.8, 4) is 16.9 Å². The van der Waals surface area contributed by atoms with Crippen LogP contribution in [0, 0.1) is 40.8 Å². The zero-order valence-corrected chi connectivity index (χ0v) is 20.7. The van der Waals surface area contributed by atoms with E-state index in [0.29, 0.717) is 24.2 Å². The summed E-state index contributed by atoms with van der Waals surface area (Å²) in [5.74, 6) is -9.24. The lowest BCUT2D eigenvalue weighted by Gasteiger charge is -2.29. The van der Waals surface area contributed by atoms with Crippen molar-refractivity contribution in [1.29, 1.82) is 0 Å². The molecular weight excluding hydrogens is 532 g/mol. The lowest BCUT2D eigenvalue weighted by molar-refractivity contribution is -0.131. The highest BCUT2D eigenvalue weighted by Gasteiger charge is 2.29. The quantitative estimate of drug-likeness (QED) is 0.204. The molecule has 3 aromatic carbocycles. The number of alkyl halides is 2. The summed E-state index contributed by atoms with van der Waals surface area (Å²) in [6.07, 6.45) is -0.432. The number of ether oxygens (including phenoxy) is 2. The van der Waals surface area contributed by atoms with E-state index in [1.165, 1.54) is 12.1 Å². The Morgan fingerprint density at radius 1 is 0.872 bits per heavy atom. The molecule has 0 radical (unpaired) electrons. The number of hydrogen-bond acceptors (Lipinski definition) is 2. The molecule has 0 aliphatic carbocycles. The maximum Gasteiger partial charge on any atom is 0.419 e. The molecule has 0 N–H and O–H groups in total. The molecule has 208 valence electrons.